The molecule has 3 rings (SSSR count). The summed E-state index contributed by atoms with van der Waals surface area (Å²) in [4.78, 5) is 43.9. The number of aromatic nitrogens is 4. The Balaban J connectivity index is 2.09. The number of nitrogens with zero attached hydrogens (tertiary/aromatic N) is 4. The molecule has 3 aromatic rings. The van der Waals surface area contributed by atoms with Crippen molar-refractivity contribution in [3.05, 3.63) is 56.0 Å². The normalized spacial score (nSPS) is 11.3. The average molecular weight is 442 g/mol. The molecule has 1 N–H and O–H groups in total. The summed E-state index contributed by atoms with van der Waals surface area (Å²) < 4.78 is 9.39. The van der Waals surface area contributed by atoms with E-state index in [9.17, 15) is 14.4 Å². The molecule has 172 valence electrons. The molecule has 0 radical (unpaired) electrons. The van der Waals surface area contributed by atoms with E-state index in [0.29, 0.717) is 43.1 Å². The van der Waals surface area contributed by atoms with Gasteiger partial charge in [0.1, 0.15) is 12.4 Å². The van der Waals surface area contributed by atoms with Crippen LogP contribution in [0, 0.1) is 13.8 Å². The maximum absolute atomic E-state index is 13.3. The quantitative estimate of drug-likeness (QED) is 0.549. The maximum atomic E-state index is 13.3. The van der Waals surface area contributed by atoms with Crippen molar-refractivity contribution >= 4 is 22.8 Å². The van der Waals surface area contributed by atoms with Gasteiger partial charge < -0.3 is 14.6 Å². The molecule has 2 heterocycles. The summed E-state index contributed by atoms with van der Waals surface area (Å²) in [6.07, 6.45) is 1.44. The number of fused-ring (bicyclic) bond motifs is 1. The molecule has 0 aliphatic carbocycles. The number of imidazole rings is 1. The Morgan fingerprint density at radius 2 is 1.84 bits per heavy atom. The van der Waals surface area contributed by atoms with Crippen LogP contribution in [0.2, 0.25) is 0 Å². The van der Waals surface area contributed by atoms with E-state index in [1.54, 1.807) is 18.6 Å². The molecule has 0 saturated carbocycles. The van der Waals surface area contributed by atoms with Crippen LogP contribution in [0.25, 0.3) is 11.2 Å². The van der Waals surface area contributed by atoms with Crippen LogP contribution in [-0.4, -0.2) is 38.3 Å². The molecule has 1 amide bonds. The van der Waals surface area contributed by atoms with Gasteiger partial charge in [0.15, 0.2) is 11.2 Å². The number of hydrogen-bond acceptors (Lipinski definition) is 5. The highest BCUT2D eigenvalue weighted by Crippen LogP contribution is 2.21. The number of benzene rings is 1. The van der Waals surface area contributed by atoms with E-state index in [4.69, 9.17) is 4.74 Å². The van der Waals surface area contributed by atoms with E-state index in [2.05, 4.69) is 10.3 Å². The SMILES string of the molecule is CCCn1c(=O)n(CC(=O)Nc2c(C)cccc2CC)c(=O)c2c1nc(C)n2CCOC. The van der Waals surface area contributed by atoms with Gasteiger partial charge in [-0.05, 0) is 37.8 Å². The van der Waals surface area contributed by atoms with Crippen molar-refractivity contribution in [3.63, 3.8) is 0 Å². The third kappa shape index (κ3) is 4.38. The van der Waals surface area contributed by atoms with Gasteiger partial charge in [-0.15, -0.1) is 0 Å². The third-order valence-corrected chi connectivity index (χ3v) is 5.58. The fourth-order valence-corrected chi connectivity index (χ4v) is 3.94. The molecule has 1 aromatic carbocycles. The van der Waals surface area contributed by atoms with Gasteiger partial charge in [-0.2, -0.15) is 0 Å². The van der Waals surface area contributed by atoms with E-state index in [0.717, 1.165) is 27.8 Å². The number of carbonyl (C=O) groups excluding carboxylic acids is 1. The molecular formula is C23H31N5O4. The molecule has 0 bridgehead atoms. The van der Waals surface area contributed by atoms with Crippen LogP contribution in [0.1, 0.15) is 37.2 Å². The number of rotatable bonds is 9. The van der Waals surface area contributed by atoms with Crippen LogP contribution in [0.4, 0.5) is 5.69 Å². The zero-order chi connectivity index (χ0) is 23.4. The van der Waals surface area contributed by atoms with Crippen molar-refractivity contribution in [3.8, 4) is 0 Å². The number of carbonyl (C=O) groups is 1. The van der Waals surface area contributed by atoms with Crippen LogP contribution < -0.4 is 16.6 Å². The van der Waals surface area contributed by atoms with Crippen molar-refractivity contribution < 1.29 is 9.53 Å². The van der Waals surface area contributed by atoms with Gasteiger partial charge >= 0.3 is 5.69 Å². The first kappa shape index (κ1) is 23.5. The highest BCUT2D eigenvalue weighted by Gasteiger charge is 2.21. The average Bonchev–Trinajstić information content (AvgIpc) is 3.10. The van der Waals surface area contributed by atoms with Crippen LogP contribution in [0.5, 0.6) is 0 Å². The fraction of sp³-hybridized carbons (Fsp3) is 0.478. The Bertz CT molecular complexity index is 1250. The van der Waals surface area contributed by atoms with E-state index in [-0.39, 0.29) is 6.54 Å². The molecule has 9 nitrogen and oxygen atoms in total. The minimum absolute atomic E-state index is 0.311. The van der Waals surface area contributed by atoms with Crippen LogP contribution in [-0.2, 0) is 35.6 Å². The lowest BCUT2D eigenvalue weighted by Crippen LogP contribution is -2.43. The summed E-state index contributed by atoms with van der Waals surface area (Å²) in [5, 5.41) is 2.90. The van der Waals surface area contributed by atoms with Gasteiger partial charge in [0.25, 0.3) is 5.56 Å². The van der Waals surface area contributed by atoms with Gasteiger partial charge in [-0.25, -0.2) is 14.3 Å². The highest BCUT2D eigenvalue weighted by molar-refractivity contribution is 5.92. The number of nitrogens with one attached hydrogen (secondary N) is 1. The van der Waals surface area contributed by atoms with Crippen molar-refractivity contribution in [2.75, 3.05) is 19.0 Å². The van der Waals surface area contributed by atoms with Crippen molar-refractivity contribution in [2.24, 2.45) is 0 Å². The van der Waals surface area contributed by atoms with E-state index < -0.39 is 17.2 Å². The highest BCUT2D eigenvalue weighted by atomic mass is 16.5. The number of para-hydroxylation sites is 1. The first-order valence-electron chi connectivity index (χ1n) is 10.9. The van der Waals surface area contributed by atoms with Crippen molar-refractivity contribution in [2.45, 2.75) is 60.2 Å². The maximum Gasteiger partial charge on any atom is 0.333 e. The summed E-state index contributed by atoms with van der Waals surface area (Å²) in [6, 6.07) is 5.81. The van der Waals surface area contributed by atoms with Gasteiger partial charge in [0.2, 0.25) is 5.91 Å². The summed E-state index contributed by atoms with van der Waals surface area (Å²) >= 11 is 0. The lowest BCUT2D eigenvalue weighted by Gasteiger charge is -2.15. The first-order chi connectivity index (χ1) is 15.3. The van der Waals surface area contributed by atoms with Gasteiger partial charge in [0, 0.05) is 25.9 Å². The summed E-state index contributed by atoms with van der Waals surface area (Å²) in [5.41, 5.74) is 2.25. The van der Waals surface area contributed by atoms with Gasteiger partial charge in [-0.3, -0.25) is 14.2 Å². The summed E-state index contributed by atoms with van der Waals surface area (Å²) in [7, 11) is 1.58. The fourth-order valence-electron chi connectivity index (χ4n) is 3.94. The molecule has 0 aliphatic heterocycles. The number of amides is 1. The molecule has 2 aromatic heterocycles. The van der Waals surface area contributed by atoms with Gasteiger partial charge in [0.05, 0.1) is 6.61 Å². The second-order valence-electron chi connectivity index (χ2n) is 7.81. The first-order valence-corrected chi connectivity index (χ1v) is 10.9. The summed E-state index contributed by atoms with van der Waals surface area (Å²) in [5.74, 6) is 0.198. The summed E-state index contributed by atoms with van der Waals surface area (Å²) in [6.45, 7) is 8.50. The zero-order valence-electron chi connectivity index (χ0n) is 19.4. The Morgan fingerprint density at radius 1 is 1.09 bits per heavy atom. The number of hydrogen-bond donors (Lipinski definition) is 1. The predicted molar refractivity (Wildman–Crippen MR) is 124 cm³/mol. The van der Waals surface area contributed by atoms with Crippen molar-refractivity contribution in [1.29, 1.82) is 0 Å². The smallest absolute Gasteiger partial charge is 0.333 e. The van der Waals surface area contributed by atoms with Crippen LogP contribution in [0.3, 0.4) is 0 Å². The number of anilines is 1. The van der Waals surface area contributed by atoms with Crippen LogP contribution in [0.15, 0.2) is 27.8 Å². The van der Waals surface area contributed by atoms with Crippen LogP contribution >= 0.6 is 0 Å². The molecule has 0 spiro atoms. The molecule has 0 saturated heterocycles. The number of methoxy groups -OCH3 is 1. The van der Waals surface area contributed by atoms with E-state index in [1.807, 2.05) is 39.0 Å². The zero-order valence-corrected chi connectivity index (χ0v) is 19.4. The molecule has 0 aliphatic rings. The predicted octanol–water partition coefficient (Wildman–Crippen LogP) is 2.23. The number of ether oxygens (including phenoxy) is 1. The largest absolute Gasteiger partial charge is 0.383 e. The van der Waals surface area contributed by atoms with E-state index in [1.165, 1.54) is 4.57 Å². The molecule has 0 fully saturated rings. The number of aryl methyl sites for hydroxylation is 4. The minimum Gasteiger partial charge on any atom is -0.383 e. The molecule has 0 atom stereocenters. The Hall–Kier alpha value is -3.20. The third-order valence-electron chi connectivity index (χ3n) is 5.58. The Kier molecular flexibility index (Phi) is 7.29. The van der Waals surface area contributed by atoms with E-state index >= 15 is 0 Å². The second-order valence-corrected chi connectivity index (χ2v) is 7.81. The van der Waals surface area contributed by atoms with Crippen molar-refractivity contribution in [1.82, 2.24) is 18.7 Å². The Labute approximate surface area is 186 Å². The Morgan fingerprint density at radius 3 is 2.50 bits per heavy atom. The molecule has 0 unspecified atom stereocenters. The lowest BCUT2D eigenvalue weighted by atomic mass is 10.1. The van der Waals surface area contributed by atoms with Gasteiger partial charge in [-0.1, -0.05) is 32.0 Å². The second kappa shape index (κ2) is 9.95. The standard InChI is InChI=1S/C23H31N5O4/c1-6-11-27-21-20(26(12-13-32-5)16(4)24-21)22(30)28(23(27)31)14-18(29)25-19-15(3)9-8-10-17(19)7-2/h8-10H,6-7,11-14H2,1-5H3,(H,25,29). The monoisotopic (exact) mass is 441 g/mol. The molecule has 32 heavy (non-hydrogen) atoms. The topological polar surface area (TPSA) is 100 Å². The lowest BCUT2D eigenvalue weighted by molar-refractivity contribution is -0.116. The minimum atomic E-state index is -0.531. The molecular weight excluding hydrogens is 410 g/mol. The molecule has 9 heteroatoms.